The fourth-order valence-corrected chi connectivity index (χ4v) is 1.31. The Morgan fingerprint density at radius 1 is 0.792 bits per heavy atom. The van der Waals surface area contributed by atoms with E-state index in [0.717, 1.165) is 0 Å². The monoisotopic (exact) mass is 322 g/mol. The third-order valence-electron chi connectivity index (χ3n) is 2.38. The van der Waals surface area contributed by atoms with Gasteiger partial charge in [-0.2, -0.15) is 0 Å². The minimum atomic E-state index is -0.572. The first-order valence-electron chi connectivity index (χ1n) is 7.06. The van der Waals surface area contributed by atoms with Crippen LogP contribution in [0.3, 0.4) is 0 Å². The first-order valence-corrected chi connectivity index (χ1v) is 7.06. The van der Waals surface area contributed by atoms with Crippen molar-refractivity contribution < 1.29 is 9.32 Å². The molecule has 0 aliphatic carbocycles. The van der Waals surface area contributed by atoms with Gasteiger partial charge in [-0.3, -0.25) is 4.79 Å². The minimum Gasteiger partial charge on any atom is -0.366 e. The molecule has 0 bridgehead atoms. The summed E-state index contributed by atoms with van der Waals surface area (Å²) in [5.41, 5.74) is 5.55. The molecule has 122 valence electrons. The van der Waals surface area contributed by atoms with E-state index in [1.54, 1.807) is 30.3 Å². The summed E-state index contributed by atoms with van der Waals surface area (Å²) < 4.78 is 4.74. The summed E-state index contributed by atoms with van der Waals surface area (Å²) in [4.78, 5) is 11.3. The van der Waals surface area contributed by atoms with Crippen molar-refractivity contribution in [2.45, 2.75) is 0 Å². The van der Waals surface area contributed by atoms with Gasteiger partial charge in [0, 0.05) is 5.56 Å². The third-order valence-corrected chi connectivity index (χ3v) is 2.38. The standard InChI is InChI=1S/C18H18N4O2/c19-18(23)17-13-11-9-7-5-3-1-2-4-6-8-10-12-16-24-22-21-20-15-14-17/h1-16H,(H2,19,23). The molecular weight excluding hydrogens is 304 g/mol. The normalized spacial score (nSPS) is 8.33. The number of carbonyl (C=O) groups is 1. The maximum absolute atomic E-state index is 11.3. The molecule has 2 N–H and O–H groups in total. The maximum Gasteiger partial charge on any atom is 0.248 e. The number of aromatic nitrogens is 3. The molecule has 0 atom stereocenters. The zero-order chi connectivity index (χ0) is 17.3. The molecule has 0 aliphatic rings. The first kappa shape index (κ1) is 18.5. The lowest BCUT2D eigenvalue weighted by molar-refractivity contribution is 0.100. The van der Waals surface area contributed by atoms with Crippen LogP contribution in [0.2, 0.25) is 0 Å². The second-order valence-electron chi connectivity index (χ2n) is 4.14. The highest BCUT2D eigenvalue weighted by atomic mass is 16.5. The molecule has 6 nitrogen and oxygen atoms in total. The molecule has 24 heavy (non-hydrogen) atoms. The predicted molar refractivity (Wildman–Crippen MR) is 91.1 cm³/mol. The summed E-state index contributed by atoms with van der Waals surface area (Å²) >= 11 is 0. The molecule has 1 rings (SSSR count). The van der Waals surface area contributed by atoms with Crippen LogP contribution in [-0.4, -0.2) is 21.5 Å². The highest BCUT2D eigenvalue weighted by molar-refractivity contribution is 5.92. The molecule has 0 aromatic carbocycles. The van der Waals surface area contributed by atoms with E-state index in [1.807, 2.05) is 48.5 Å². The average Bonchev–Trinajstić information content (AvgIpc) is 2.57. The fraction of sp³-hybridized carbons (Fsp3) is 0. The predicted octanol–water partition coefficient (Wildman–Crippen LogP) is 3.06. The van der Waals surface area contributed by atoms with Crippen LogP contribution in [0.15, 0.2) is 102 Å². The highest BCUT2D eigenvalue weighted by Gasteiger charge is 1.92. The minimum absolute atomic E-state index is 0.282. The summed E-state index contributed by atoms with van der Waals surface area (Å²) in [6.07, 6.45) is 2.64. The van der Waals surface area contributed by atoms with Crippen molar-refractivity contribution in [3.63, 3.8) is 0 Å². The lowest BCUT2D eigenvalue weighted by atomic mass is 10.3. The van der Waals surface area contributed by atoms with Crippen LogP contribution in [-0.2, 0) is 0 Å². The Morgan fingerprint density at radius 3 is 1.92 bits per heavy atom. The largest absolute Gasteiger partial charge is 0.366 e. The van der Waals surface area contributed by atoms with Gasteiger partial charge in [-0.15, -0.1) is 5.10 Å². The van der Waals surface area contributed by atoms with Gasteiger partial charge in [-0.05, 0) is 23.4 Å². The van der Waals surface area contributed by atoms with Gasteiger partial charge in [0.1, 0.15) is 6.26 Å². The Balaban J connectivity index is 3.24. The highest BCUT2D eigenvalue weighted by Crippen LogP contribution is 1.90. The number of primary amides is 1. The van der Waals surface area contributed by atoms with E-state index in [9.17, 15) is 4.79 Å². The summed E-state index contributed by atoms with van der Waals surface area (Å²) in [7, 11) is 0. The van der Waals surface area contributed by atoms with Crippen molar-refractivity contribution in [1.29, 1.82) is 0 Å². The molecule has 0 saturated carbocycles. The zero-order valence-electron chi connectivity index (χ0n) is 13.0. The van der Waals surface area contributed by atoms with Gasteiger partial charge in [0.25, 0.3) is 0 Å². The molecular formula is C18H18N4O2. The second kappa shape index (κ2) is 13.1. The summed E-state index contributed by atoms with van der Waals surface area (Å²) in [5, 5.41) is 10.3. The van der Waals surface area contributed by atoms with E-state index in [1.165, 1.54) is 18.5 Å². The second-order valence-corrected chi connectivity index (χ2v) is 4.14. The van der Waals surface area contributed by atoms with Crippen LogP contribution < -0.4 is 5.73 Å². The number of rotatable bonds is 1. The molecule has 0 radical (unpaired) electrons. The van der Waals surface area contributed by atoms with Crippen molar-refractivity contribution in [2.75, 3.05) is 0 Å². The van der Waals surface area contributed by atoms with Gasteiger partial charge in [0.05, 0.1) is 11.5 Å². The van der Waals surface area contributed by atoms with Crippen LogP contribution in [0.4, 0.5) is 0 Å². The summed E-state index contributed by atoms with van der Waals surface area (Å²) in [6.45, 7) is 0. The topological polar surface area (TPSA) is 94.9 Å². The van der Waals surface area contributed by atoms with Gasteiger partial charge in [-0.25, -0.2) is 0 Å². The molecule has 1 amide bonds. The quantitative estimate of drug-likeness (QED) is 0.857. The molecule has 0 saturated heterocycles. The van der Waals surface area contributed by atoms with Gasteiger partial charge in [0.2, 0.25) is 5.91 Å². The van der Waals surface area contributed by atoms with E-state index in [-0.39, 0.29) is 5.56 Å². The number of hydrogen-bond donors (Lipinski definition) is 1. The van der Waals surface area contributed by atoms with E-state index in [0.29, 0.717) is 0 Å². The van der Waals surface area contributed by atoms with Gasteiger partial charge < -0.3 is 10.3 Å². The van der Waals surface area contributed by atoms with Crippen molar-refractivity contribution in [2.24, 2.45) is 5.73 Å². The molecule has 0 spiro atoms. The van der Waals surface area contributed by atoms with E-state index in [2.05, 4.69) is 15.6 Å². The Bertz CT molecular complexity index is 689. The lowest BCUT2D eigenvalue weighted by Crippen LogP contribution is -2.09. The van der Waals surface area contributed by atoms with Gasteiger partial charge in [0.15, 0.2) is 0 Å². The van der Waals surface area contributed by atoms with Gasteiger partial charge >= 0.3 is 0 Å². The Kier molecular flexibility index (Phi) is 10.1. The Hall–Kier alpha value is -3.54. The number of nitrogens with two attached hydrogens (primary N) is 1. The number of nitrogens with zero attached hydrogens (tertiary/aromatic N) is 3. The zero-order valence-corrected chi connectivity index (χ0v) is 13.0. The average molecular weight is 322 g/mol. The summed E-state index contributed by atoms with van der Waals surface area (Å²) in [5.74, 6) is -0.572. The van der Waals surface area contributed by atoms with Crippen molar-refractivity contribution in [3.05, 3.63) is 103 Å². The molecule has 1 aromatic heterocycles. The third kappa shape index (κ3) is 10.2. The fourth-order valence-electron chi connectivity index (χ4n) is 1.31. The number of carbonyl (C=O) groups excluding carboxylic acids is 1. The molecule has 0 unspecified atom stereocenters. The molecule has 1 aromatic rings. The van der Waals surface area contributed by atoms with Crippen LogP contribution in [0.25, 0.3) is 0 Å². The number of amides is 1. The molecule has 0 aliphatic heterocycles. The van der Waals surface area contributed by atoms with E-state index >= 15 is 0 Å². The van der Waals surface area contributed by atoms with E-state index in [4.69, 9.17) is 10.3 Å². The lowest BCUT2D eigenvalue weighted by Gasteiger charge is -1.86. The smallest absolute Gasteiger partial charge is 0.248 e. The molecule has 6 heteroatoms. The summed E-state index contributed by atoms with van der Waals surface area (Å²) in [6, 6.07) is 24.9. The van der Waals surface area contributed by atoms with Crippen LogP contribution in [0, 0.1) is 0 Å². The Labute approximate surface area is 140 Å². The molecule has 1 heterocycles. The van der Waals surface area contributed by atoms with Crippen LogP contribution in [0.1, 0.15) is 10.4 Å². The molecule has 0 fully saturated rings. The van der Waals surface area contributed by atoms with Gasteiger partial charge in [-0.1, -0.05) is 66.7 Å². The first-order chi connectivity index (χ1) is 11.8. The van der Waals surface area contributed by atoms with Crippen molar-refractivity contribution in [1.82, 2.24) is 15.6 Å². The SMILES string of the molecule is NC(=O)c1cccccccccccccconnncc1. The van der Waals surface area contributed by atoms with Crippen molar-refractivity contribution >= 4 is 5.91 Å². The van der Waals surface area contributed by atoms with Crippen LogP contribution >= 0.6 is 0 Å². The maximum atomic E-state index is 11.3. The van der Waals surface area contributed by atoms with Crippen molar-refractivity contribution in [3.8, 4) is 0 Å². The number of hydrogen-bond acceptors (Lipinski definition) is 5. The Morgan fingerprint density at radius 2 is 1.33 bits per heavy atom. The van der Waals surface area contributed by atoms with Crippen LogP contribution in [0.5, 0.6) is 0 Å². The van der Waals surface area contributed by atoms with E-state index < -0.39 is 5.91 Å².